The van der Waals surface area contributed by atoms with Gasteiger partial charge in [0.05, 0.1) is 9.79 Å². The van der Waals surface area contributed by atoms with Crippen LogP contribution in [-0.2, 0) is 26.6 Å². The molecule has 0 atom stereocenters. The largest absolute Gasteiger partial charge is 0.243 e. The molecular formula is C22H28N2O4S2. The molecule has 0 amide bonds. The summed E-state index contributed by atoms with van der Waals surface area (Å²) >= 11 is 0. The lowest BCUT2D eigenvalue weighted by atomic mass is 10.0. The SMILES string of the molecule is CC(C)c1ccc(CN(C2CC2)S(=O)(=O)c2ccc(S(=O)(=O)NC3CC3)cc2)cc1. The van der Waals surface area contributed by atoms with Crippen LogP contribution in [0.4, 0.5) is 0 Å². The molecule has 0 unspecified atom stereocenters. The van der Waals surface area contributed by atoms with Crippen LogP contribution in [-0.4, -0.2) is 33.2 Å². The molecule has 2 aromatic carbocycles. The molecule has 2 aromatic rings. The number of benzene rings is 2. The summed E-state index contributed by atoms with van der Waals surface area (Å²) in [4.78, 5) is 0.217. The van der Waals surface area contributed by atoms with Gasteiger partial charge in [0.25, 0.3) is 0 Å². The smallest absolute Gasteiger partial charge is 0.208 e. The highest BCUT2D eigenvalue weighted by molar-refractivity contribution is 7.89. The van der Waals surface area contributed by atoms with Crippen LogP contribution < -0.4 is 4.72 Å². The fourth-order valence-corrected chi connectivity index (χ4v) is 6.35. The second-order valence-electron chi connectivity index (χ2n) is 8.54. The van der Waals surface area contributed by atoms with Crippen LogP contribution >= 0.6 is 0 Å². The van der Waals surface area contributed by atoms with Gasteiger partial charge in [-0.05, 0) is 67.0 Å². The molecule has 2 fully saturated rings. The molecule has 2 aliphatic rings. The maximum Gasteiger partial charge on any atom is 0.243 e. The van der Waals surface area contributed by atoms with E-state index in [0.717, 1.165) is 31.2 Å². The molecular weight excluding hydrogens is 420 g/mol. The van der Waals surface area contributed by atoms with Crippen molar-refractivity contribution in [1.29, 1.82) is 0 Å². The van der Waals surface area contributed by atoms with E-state index in [-0.39, 0.29) is 21.9 Å². The Hall–Kier alpha value is -1.74. The molecule has 2 aliphatic carbocycles. The Kier molecular flexibility index (Phi) is 5.78. The molecule has 162 valence electrons. The van der Waals surface area contributed by atoms with E-state index in [1.165, 1.54) is 29.8 Å². The molecule has 0 radical (unpaired) electrons. The fraction of sp³-hybridized carbons (Fsp3) is 0.455. The predicted octanol–water partition coefficient (Wildman–Crippen LogP) is 3.60. The Labute approximate surface area is 179 Å². The van der Waals surface area contributed by atoms with Crippen LogP contribution in [0.15, 0.2) is 58.3 Å². The molecule has 0 saturated heterocycles. The molecule has 0 bridgehead atoms. The first-order chi connectivity index (χ1) is 14.2. The molecule has 0 spiro atoms. The monoisotopic (exact) mass is 448 g/mol. The van der Waals surface area contributed by atoms with Crippen LogP contribution in [0.1, 0.15) is 56.6 Å². The van der Waals surface area contributed by atoms with Crippen molar-refractivity contribution in [1.82, 2.24) is 9.03 Å². The lowest BCUT2D eigenvalue weighted by Gasteiger charge is -2.22. The summed E-state index contributed by atoms with van der Waals surface area (Å²) in [6.45, 7) is 4.56. The molecule has 6 nitrogen and oxygen atoms in total. The number of nitrogens with zero attached hydrogens (tertiary/aromatic N) is 1. The summed E-state index contributed by atoms with van der Waals surface area (Å²) < 4.78 is 55.4. The zero-order valence-corrected chi connectivity index (χ0v) is 18.9. The number of sulfonamides is 2. The van der Waals surface area contributed by atoms with E-state index in [0.29, 0.717) is 12.5 Å². The zero-order chi connectivity index (χ0) is 21.5. The molecule has 0 aliphatic heterocycles. The van der Waals surface area contributed by atoms with E-state index < -0.39 is 20.0 Å². The Balaban J connectivity index is 1.55. The molecule has 8 heteroatoms. The standard InChI is InChI=1S/C22H28N2O4S2/c1-16(2)18-5-3-17(4-6-18)15-24(20-9-10-20)30(27,28)22-13-11-21(12-14-22)29(25,26)23-19-7-8-19/h3-6,11-14,16,19-20,23H,7-10,15H2,1-2H3. The summed E-state index contributed by atoms with van der Waals surface area (Å²) in [5.41, 5.74) is 2.17. The molecule has 0 heterocycles. The number of rotatable bonds is 9. The van der Waals surface area contributed by atoms with Gasteiger partial charge in [-0.25, -0.2) is 21.6 Å². The summed E-state index contributed by atoms with van der Waals surface area (Å²) in [5, 5.41) is 0. The number of hydrogen-bond acceptors (Lipinski definition) is 4. The number of nitrogens with one attached hydrogen (secondary N) is 1. The van der Waals surface area contributed by atoms with Gasteiger partial charge in [0.2, 0.25) is 20.0 Å². The third-order valence-corrected chi connectivity index (χ3v) is 9.03. The van der Waals surface area contributed by atoms with Crippen LogP contribution in [0, 0.1) is 0 Å². The van der Waals surface area contributed by atoms with Crippen molar-refractivity contribution < 1.29 is 16.8 Å². The van der Waals surface area contributed by atoms with E-state index >= 15 is 0 Å². The maximum atomic E-state index is 13.3. The van der Waals surface area contributed by atoms with E-state index in [1.54, 1.807) is 4.31 Å². The Bertz CT molecular complexity index is 1100. The van der Waals surface area contributed by atoms with Crippen LogP contribution in [0.2, 0.25) is 0 Å². The summed E-state index contributed by atoms with van der Waals surface area (Å²) in [7, 11) is -7.32. The van der Waals surface area contributed by atoms with E-state index in [2.05, 4.69) is 18.6 Å². The minimum Gasteiger partial charge on any atom is -0.208 e. The second-order valence-corrected chi connectivity index (χ2v) is 12.1. The maximum absolute atomic E-state index is 13.3. The topological polar surface area (TPSA) is 83.6 Å². The van der Waals surface area contributed by atoms with E-state index in [1.807, 2.05) is 24.3 Å². The first-order valence-electron chi connectivity index (χ1n) is 10.4. The minimum atomic E-state index is -3.72. The van der Waals surface area contributed by atoms with E-state index in [9.17, 15) is 16.8 Å². The third kappa shape index (κ3) is 4.77. The van der Waals surface area contributed by atoms with Crippen LogP contribution in [0.25, 0.3) is 0 Å². The van der Waals surface area contributed by atoms with Gasteiger partial charge >= 0.3 is 0 Å². The first-order valence-corrected chi connectivity index (χ1v) is 13.3. The van der Waals surface area contributed by atoms with Crippen LogP contribution in [0.3, 0.4) is 0 Å². The quantitative estimate of drug-likeness (QED) is 0.635. The highest BCUT2D eigenvalue weighted by atomic mass is 32.2. The average molecular weight is 449 g/mol. The second kappa shape index (κ2) is 8.07. The third-order valence-electron chi connectivity index (χ3n) is 5.58. The van der Waals surface area contributed by atoms with Crippen molar-refractivity contribution in [2.75, 3.05) is 0 Å². The summed E-state index contributed by atoms with van der Waals surface area (Å²) in [5.74, 6) is 0.423. The number of hydrogen-bond donors (Lipinski definition) is 1. The van der Waals surface area contributed by atoms with Gasteiger partial charge < -0.3 is 0 Å². The Morgan fingerprint density at radius 1 is 0.867 bits per heavy atom. The predicted molar refractivity (Wildman–Crippen MR) is 116 cm³/mol. The molecule has 2 saturated carbocycles. The van der Waals surface area contributed by atoms with Gasteiger partial charge in [0.15, 0.2) is 0 Å². The van der Waals surface area contributed by atoms with Crippen molar-refractivity contribution in [3.63, 3.8) is 0 Å². The zero-order valence-electron chi connectivity index (χ0n) is 17.3. The normalized spacial score (nSPS) is 17.6. The van der Waals surface area contributed by atoms with Crippen molar-refractivity contribution in [3.05, 3.63) is 59.7 Å². The van der Waals surface area contributed by atoms with Gasteiger partial charge in [-0.3, -0.25) is 0 Å². The van der Waals surface area contributed by atoms with Gasteiger partial charge in [-0.15, -0.1) is 0 Å². The molecule has 4 rings (SSSR count). The van der Waals surface area contributed by atoms with Gasteiger partial charge in [0, 0.05) is 18.6 Å². The Morgan fingerprint density at radius 3 is 1.93 bits per heavy atom. The highest BCUT2D eigenvalue weighted by Gasteiger charge is 2.38. The van der Waals surface area contributed by atoms with Crippen molar-refractivity contribution in [3.8, 4) is 0 Å². The molecule has 1 N–H and O–H groups in total. The van der Waals surface area contributed by atoms with E-state index in [4.69, 9.17) is 0 Å². The first kappa shape index (κ1) is 21.5. The van der Waals surface area contributed by atoms with Gasteiger partial charge in [-0.1, -0.05) is 38.1 Å². The summed E-state index contributed by atoms with van der Waals surface area (Å²) in [6, 6.07) is 13.6. The molecule has 30 heavy (non-hydrogen) atoms. The highest BCUT2D eigenvalue weighted by Crippen LogP contribution is 2.34. The lowest BCUT2D eigenvalue weighted by molar-refractivity contribution is 0.398. The lowest BCUT2D eigenvalue weighted by Crippen LogP contribution is -2.32. The molecule has 0 aromatic heterocycles. The van der Waals surface area contributed by atoms with Crippen molar-refractivity contribution in [2.24, 2.45) is 0 Å². The average Bonchev–Trinajstić information content (AvgIpc) is 3.62. The van der Waals surface area contributed by atoms with Gasteiger partial charge in [-0.2, -0.15) is 4.31 Å². The Morgan fingerprint density at radius 2 is 1.43 bits per heavy atom. The summed E-state index contributed by atoms with van der Waals surface area (Å²) in [6.07, 6.45) is 3.39. The fourth-order valence-electron chi connectivity index (χ4n) is 3.38. The van der Waals surface area contributed by atoms with Crippen LogP contribution in [0.5, 0.6) is 0 Å². The van der Waals surface area contributed by atoms with Crippen molar-refractivity contribution >= 4 is 20.0 Å². The minimum absolute atomic E-state index is 0.000261. The van der Waals surface area contributed by atoms with Gasteiger partial charge in [0.1, 0.15) is 0 Å². The van der Waals surface area contributed by atoms with Crippen molar-refractivity contribution in [2.45, 2.75) is 73.9 Å².